The van der Waals surface area contributed by atoms with Crippen molar-refractivity contribution >= 4 is 39.2 Å². The summed E-state index contributed by atoms with van der Waals surface area (Å²) in [6.45, 7) is 0. The number of para-hydroxylation sites is 1. The molecule has 5 nitrogen and oxygen atoms in total. The molecule has 142 valence electrons. The van der Waals surface area contributed by atoms with Gasteiger partial charge < -0.3 is 9.73 Å². The Balaban J connectivity index is 1.46. The number of rotatable bonds is 3. The van der Waals surface area contributed by atoms with Crippen LogP contribution in [-0.4, -0.2) is 11.0 Å². The third-order valence-corrected chi connectivity index (χ3v) is 4.61. The quantitative estimate of drug-likeness (QED) is 0.427. The van der Waals surface area contributed by atoms with E-state index in [1.54, 1.807) is 5.38 Å². The molecule has 0 aliphatic rings. The number of anilines is 2. The molecule has 28 heavy (non-hydrogen) atoms. The lowest BCUT2D eigenvalue weighted by Gasteiger charge is -2.09. The van der Waals surface area contributed by atoms with Crippen molar-refractivity contribution in [1.82, 2.24) is 4.98 Å². The average Bonchev–Trinajstić information content (AvgIpc) is 3.27. The second-order valence-electron chi connectivity index (χ2n) is 5.84. The van der Waals surface area contributed by atoms with Gasteiger partial charge in [0.25, 0.3) is 0 Å². The molecule has 2 aromatic carbocycles. The third kappa shape index (κ3) is 3.84. The first kappa shape index (κ1) is 18.1. The Kier molecular flexibility index (Phi) is 4.52. The predicted octanol–water partition coefficient (Wildman–Crippen LogP) is 6.22. The largest absolute Gasteiger partial charge is 0.454 e. The molecule has 0 aliphatic carbocycles. The van der Waals surface area contributed by atoms with Gasteiger partial charge >= 0.3 is 12.2 Å². The molecule has 0 saturated carbocycles. The molecule has 0 aliphatic heterocycles. The zero-order valence-electron chi connectivity index (χ0n) is 14.1. The number of thiazole rings is 1. The summed E-state index contributed by atoms with van der Waals surface area (Å²) in [6, 6.07) is 13.1. The van der Waals surface area contributed by atoms with Gasteiger partial charge in [-0.3, -0.25) is 5.32 Å². The molecule has 0 unspecified atom stereocenters. The number of alkyl halides is 3. The number of nitrogens with zero attached hydrogens (tertiary/aromatic N) is 1. The molecule has 2 aromatic heterocycles. The smallest absolute Gasteiger partial charge is 0.416 e. The Morgan fingerprint density at radius 1 is 1.04 bits per heavy atom. The number of hydrogen-bond donors (Lipinski definition) is 2. The van der Waals surface area contributed by atoms with Crippen LogP contribution in [0, 0.1) is 0 Å². The summed E-state index contributed by atoms with van der Waals surface area (Å²) in [6.07, 6.45) is -4.48. The number of furan rings is 1. The van der Waals surface area contributed by atoms with Crippen molar-refractivity contribution in [2.75, 3.05) is 10.6 Å². The van der Waals surface area contributed by atoms with E-state index in [-0.39, 0.29) is 5.69 Å². The topological polar surface area (TPSA) is 67.2 Å². The van der Waals surface area contributed by atoms with E-state index in [9.17, 15) is 18.0 Å². The lowest BCUT2D eigenvalue weighted by molar-refractivity contribution is -0.137. The van der Waals surface area contributed by atoms with Gasteiger partial charge in [0.2, 0.25) is 0 Å². The third-order valence-electron chi connectivity index (χ3n) is 3.85. The highest BCUT2D eigenvalue weighted by Crippen LogP contribution is 2.31. The van der Waals surface area contributed by atoms with Crippen molar-refractivity contribution < 1.29 is 22.4 Å². The lowest BCUT2D eigenvalue weighted by atomic mass is 10.2. The summed E-state index contributed by atoms with van der Waals surface area (Å²) >= 11 is 1.18. The molecular weight excluding hydrogens is 391 g/mol. The van der Waals surface area contributed by atoms with E-state index in [2.05, 4.69) is 15.6 Å². The summed E-state index contributed by atoms with van der Waals surface area (Å²) in [4.78, 5) is 16.4. The SMILES string of the molecule is O=C(Nc1cccc(C(F)(F)F)c1)Nc1nc(-c2cc3ccccc3o2)cs1. The second-order valence-corrected chi connectivity index (χ2v) is 6.70. The maximum Gasteiger partial charge on any atom is 0.416 e. The van der Waals surface area contributed by atoms with Crippen LogP contribution in [-0.2, 0) is 6.18 Å². The molecule has 0 saturated heterocycles. The number of carbonyl (C=O) groups excluding carboxylic acids is 1. The number of carbonyl (C=O) groups is 1. The Labute approximate surface area is 160 Å². The summed E-state index contributed by atoms with van der Waals surface area (Å²) in [5, 5.41) is 7.82. The monoisotopic (exact) mass is 403 g/mol. The number of urea groups is 1. The summed E-state index contributed by atoms with van der Waals surface area (Å²) < 4.78 is 44.0. The number of halogens is 3. The number of aromatic nitrogens is 1. The molecule has 4 rings (SSSR count). The van der Waals surface area contributed by atoms with E-state index < -0.39 is 17.8 Å². The first-order valence-corrected chi connectivity index (χ1v) is 8.96. The number of amides is 2. The van der Waals surface area contributed by atoms with Gasteiger partial charge in [-0.15, -0.1) is 11.3 Å². The molecule has 2 heterocycles. The molecule has 0 atom stereocenters. The van der Waals surface area contributed by atoms with Gasteiger partial charge in [0.05, 0.1) is 5.56 Å². The van der Waals surface area contributed by atoms with Crippen LogP contribution in [0.1, 0.15) is 5.56 Å². The zero-order valence-corrected chi connectivity index (χ0v) is 14.9. The van der Waals surface area contributed by atoms with Crippen LogP contribution in [0.15, 0.2) is 64.4 Å². The molecule has 2 amide bonds. The highest BCUT2D eigenvalue weighted by Gasteiger charge is 2.30. The fourth-order valence-corrected chi connectivity index (χ4v) is 3.28. The molecule has 0 radical (unpaired) electrons. The second kappa shape index (κ2) is 7.01. The summed E-state index contributed by atoms with van der Waals surface area (Å²) in [7, 11) is 0. The fraction of sp³-hybridized carbons (Fsp3) is 0.0526. The zero-order chi connectivity index (χ0) is 19.7. The minimum Gasteiger partial charge on any atom is -0.454 e. The summed E-state index contributed by atoms with van der Waals surface area (Å²) in [5.74, 6) is 0.559. The maximum atomic E-state index is 12.7. The number of hydrogen-bond acceptors (Lipinski definition) is 4. The van der Waals surface area contributed by atoms with Crippen molar-refractivity contribution in [2.24, 2.45) is 0 Å². The minimum absolute atomic E-state index is 0.0291. The first-order valence-electron chi connectivity index (χ1n) is 8.08. The Hall–Kier alpha value is -3.33. The predicted molar refractivity (Wildman–Crippen MR) is 101 cm³/mol. The van der Waals surface area contributed by atoms with E-state index in [0.29, 0.717) is 16.6 Å². The highest BCUT2D eigenvalue weighted by molar-refractivity contribution is 7.14. The van der Waals surface area contributed by atoms with Crippen molar-refractivity contribution in [3.8, 4) is 11.5 Å². The Morgan fingerprint density at radius 3 is 2.64 bits per heavy atom. The van der Waals surface area contributed by atoms with Crippen LogP contribution in [0.2, 0.25) is 0 Å². The molecule has 2 N–H and O–H groups in total. The van der Waals surface area contributed by atoms with E-state index in [4.69, 9.17) is 4.42 Å². The van der Waals surface area contributed by atoms with Crippen LogP contribution in [0.25, 0.3) is 22.4 Å². The van der Waals surface area contributed by atoms with Gasteiger partial charge in [-0.2, -0.15) is 13.2 Å². The Morgan fingerprint density at radius 2 is 1.86 bits per heavy atom. The first-order chi connectivity index (χ1) is 13.4. The van der Waals surface area contributed by atoms with Crippen molar-refractivity contribution in [3.05, 3.63) is 65.5 Å². The normalized spacial score (nSPS) is 11.5. The molecule has 0 fully saturated rings. The van der Waals surface area contributed by atoms with Gasteiger partial charge in [-0.1, -0.05) is 24.3 Å². The van der Waals surface area contributed by atoms with Gasteiger partial charge in [0.15, 0.2) is 10.9 Å². The van der Waals surface area contributed by atoms with Gasteiger partial charge in [-0.25, -0.2) is 9.78 Å². The van der Waals surface area contributed by atoms with Gasteiger partial charge in [0, 0.05) is 16.5 Å². The molecule has 0 bridgehead atoms. The molecular formula is C19H12F3N3O2S. The van der Waals surface area contributed by atoms with Crippen molar-refractivity contribution in [3.63, 3.8) is 0 Å². The minimum atomic E-state index is -4.48. The van der Waals surface area contributed by atoms with Gasteiger partial charge in [-0.05, 0) is 30.3 Å². The highest BCUT2D eigenvalue weighted by atomic mass is 32.1. The van der Waals surface area contributed by atoms with Crippen LogP contribution in [0.3, 0.4) is 0 Å². The number of benzene rings is 2. The van der Waals surface area contributed by atoms with Crippen molar-refractivity contribution in [2.45, 2.75) is 6.18 Å². The van der Waals surface area contributed by atoms with E-state index in [0.717, 1.165) is 23.1 Å². The molecule has 4 aromatic rings. The number of fused-ring (bicyclic) bond motifs is 1. The number of nitrogens with one attached hydrogen (secondary N) is 2. The molecule has 0 spiro atoms. The van der Waals surface area contributed by atoms with Crippen LogP contribution in [0.4, 0.5) is 28.8 Å². The van der Waals surface area contributed by atoms with Crippen LogP contribution >= 0.6 is 11.3 Å². The lowest BCUT2D eigenvalue weighted by Crippen LogP contribution is -2.19. The molecule has 9 heteroatoms. The maximum absolute atomic E-state index is 12.7. The fourth-order valence-electron chi connectivity index (χ4n) is 2.59. The van der Waals surface area contributed by atoms with Gasteiger partial charge in [0.1, 0.15) is 11.3 Å². The Bertz CT molecular complexity index is 1120. The van der Waals surface area contributed by atoms with Crippen LogP contribution in [0.5, 0.6) is 0 Å². The van der Waals surface area contributed by atoms with Crippen LogP contribution < -0.4 is 10.6 Å². The average molecular weight is 403 g/mol. The van der Waals surface area contributed by atoms with Crippen molar-refractivity contribution in [1.29, 1.82) is 0 Å². The van der Waals surface area contributed by atoms with E-state index >= 15 is 0 Å². The standard InChI is InChI=1S/C19H12F3N3O2S/c20-19(21,22)12-5-3-6-13(9-12)23-17(26)25-18-24-14(10-28-18)16-8-11-4-1-2-7-15(11)27-16/h1-10H,(H2,23,24,25,26). The summed E-state index contributed by atoms with van der Waals surface area (Å²) in [5.41, 5.74) is 0.464. The van der Waals surface area contributed by atoms with E-state index in [1.165, 1.54) is 23.5 Å². The van der Waals surface area contributed by atoms with E-state index in [1.807, 2.05) is 30.3 Å².